The van der Waals surface area contributed by atoms with Gasteiger partial charge in [0.25, 0.3) is 0 Å². The molecule has 0 heterocycles. The molecule has 0 radical (unpaired) electrons. The molecule has 1 atom stereocenters. The number of carboxylic acids is 1. The van der Waals surface area contributed by atoms with Gasteiger partial charge in [-0.3, -0.25) is 9.59 Å². The molecule has 0 fully saturated rings. The van der Waals surface area contributed by atoms with Gasteiger partial charge in [0, 0.05) is 11.1 Å². The van der Waals surface area contributed by atoms with Gasteiger partial charge in [0.2, 0.25) is 0 Å². The lowest BCUT2D eigenvalue weighted by atomic mass is 9.88. The summed E-state index contributed by atoms with van der Waals surface area (Å²) in [6.07, 6.45) is 0. The van der Waals surface area contributed by atoms with Crippen LogP contribution in [0.15, 0.2) is 78.9 Å². The van der Waals surface area contributed by atoms with Crippen molar-refractivity contribution in [2.24, 2.45) is 0 Å². The zero-order chi connectivity index (χ0) is 17.8. The number of ketones is 1. The number of carbonyl (C=O) groups excluding carboxylic acids is 1. The van der Waals surface area contributed by atoms with Crippen LogP contribution in [0.4, 0.5) is 0 Å². The normalized spacial score (nSPS) is 11.7. The largest absolute Gasteiger partial charge is 0.481 e. The van der Waals surface area contributed by atoms with Crippen molar-refractivity contribution >= 4 is 11.8 Å². The van der Waals surface area contributed by atoms with Gasteiger partial charge >= 0.3 is 5.97 Å². The summed E-state index contributed by atoms with van der Waals surface area (Å²) < 4.78 is 0. The van der Waals surface area contributed by atoms with Gasteiger partial charge in [0.05, 0.1) is 5.92 Å². The molecule has 0 aliphatic carbocycles. The van der Waals surface area contributed by atoms with Crippen LogP contribution >= 0.6 is 0 Å². The van der Waals surface area contributed by atoms with Crippen molar-refractivity contribution in [2.45, 2.75) is 12.8 Å². The zero-order valence-electron chi connectivity index (χ0n) is 13.8. The van der Waals surface area contributed by atoms with Crippen LogP contribution in [0.5, 0.6) is 0 Å². The van der Waals surface area contributed by atoms with E-state index < -0.39 is 11.9 Å². The molecule has 3 heteroatoms. The Hall–Kier alpha value is -3.20. The summed E-state index contributed by atoms with van der Waals surface area (Å²) in [4.78, 5) is 24.2. The minimum atomic E-state index is -0.915. The topological polar surface area (TPSA) is 54.4 Å². The smallest absolute Gasteiger partial charge is 0.310 e. The van der Waals surface area contributed by atoms with E-state index in [9.17, 15) is 14.7 Å². The quantitative estimate of drug-likeness (QED) is 0.685. The summed E-state index contributed by atoms with van der Waals surface area (Å²) in [6.45, 7) is 1.64. The van der Waals surface area contributed by atoms with Gasteiger partial charge in [-0.2, -0.15) is 0 Å². The van der Waals surface area contributed by atoms with Gasteiger partial charge in [0.15, 0.2) is 5.78 Å². The van der Waals surface area contributed by atoms with Crippen LogP contribution in [0.25, 0.3) is 11.1 Å². The monoisotopic (exact) mass is 330 g/mol. The fourth-order valence-electron chi connectivity index (χ4n) is 2.83. The number of rotatable bonds is 5. The maximum absolute atomic E-state index is 12.7. The Labute approximate surface area is 146 Å². The fraction of sp³-hybridized carbons (Fsp3) is 0.0909. The van der Waals surface area contributed by atoms with Crippen LogP contribution < -0.4 is 0 Å². The van der Waals surface area contributed by atoms with Gasteiger partial charge in [-0.1, -0.05) is 72.8 Å². The average Bonchev–Trinajstić information content (AvgIpc) is 2.67. The van der Waals surface area contributed by atoms with Crippen molar-refractivity contribution in [1.29, 1.82) is 0 Å². The first-order valence-electron chi connectivity index (χ1n) is 8.10. The third kappa shape index (κ3) is 3.50. The summed E-state index contributed by atoms with van der Waals surface area (Å²) in [7, 11) is 0. The van der Waals surface area contributed by atoms with E-state index in [0.717, 1.165) is 11.1 Å². The van der Waals surface area contributed by atoms with E-state index in [2.05, 4.69) is 0 Å². The summed E-state index contributed by atoms with van der Waals surface area (Å²) in [5, 5.41) is 9.47. The maximum atomic E-state index is 12.7. The molecule has 0 saturated carbocycles. The molecule has 0 aromatic heterocycles. The Morgan fingerprint density at radius 1 is 0.800 bits per heavy atom. The van der Waals surface area contributed by atoms with E-state index in [0.29, 0.717) is 16.7 Å². The Kier molecular flexibility index (Phi) is 4.75. The first-order valence-corrected chi connectivity index (χ1v) is 8.10. The van der Waals surface area contributed by atoms with Crippen LogP contribution in [0, 0.1) is 0 Å². The Morgan fingerprint density at radius 3 is 2.00 bits per heavy atom. The van der Waals surface area contributed by atoms with E-state index in [1.165, 1.54) is 0 Å². The summed E-state index contributed by atoms with van der Waals surface area (Å²) in [6, 6.07) is 23.9. The third-order valence-corrected chi connectivity index (χ3v) is 4.27. The van der Waals surface area contributed by atoms with Crippen molar-refractivity contribution < 1.29 is 14.7 Å². The highest BCUT2D eigenvalue weighted by atomic mass is 16.4. The molecule has 3 aromatic rings. The van der Waals surface area contributed by atoms with E-state index >= 15 is 0 Å². The fourth-order valence-corrected chi connectivity index (χ4v) is 2.83. The Bertz CT molecular complexity index is 899. The molecule has 0 bridgehead atoms. The minimum absolute atomic E-state index is 0.112. The van der Waals surface area contributed by atoms with E-state index in [1.54, 1.807) is 31.2 Å². The predicted octanol–water partition coefficient (Wildman–Crippen LogP) is 4.77. The lowest BCUT2D eigenvalue weighted by molar-refractivity contribution is -0.138. The predicted molar refractivity (Wildman–Crippen MR) is 97.8 cm³/mol. The lowest BCUT2D eigenvalue weighted by Gasteiger charge is -2.15. The number of benzene rings is 3. The molecular weight excluding hydrogens is 312 g/mol. The molecule has 0 aliphatic heterocycles. The van der Waals surface area contributed by atoms with Crippen LogP contribution in [0.3, 0.4) is 0 Å². The van der Waals surface area contributed by atoms with Crippen LogP contribution in [0.1, 0.15) is 34.3 Å². The first kappa shape index (κ1) is 16.7. The molecule has 0 spiro atoms. The Morgan fingerprint density at radius 2 is 1.40 bits per heavy atom. The number of hydrogen-bond donors (Lipinski definition) is 1. The summed E-state index contributed by atoms with van der Waals surface area (Å²) in [5.74, 6) is -1.74. The number of aliphatic carboxylic acids is 1. The molecule has 3 aromatic carbocycles. The van der Waals surface area contributed by atoms with Crippen LogP contribution in [0.2, 0.25) is 0 Å². The number of carboxylic acid groups (broad SMARTS) is 1. The van der Waals surface area contributed by atoms with Gasteiger partial charge in [0.1, 0.15) is 0 Å². The zero-order valence-corrected chi connectivity index (χ0v) is 13.8. The molecular formula is C22H18O3. The molecule has 1 unspecified atom stereocenters. The first-order chi connectivity index (χ1) is 12.1. The van der Waals surface area contributed by atoms with Crippen molar-refractivity contribution in [1.82, 2.24) is 0 Å². The molecule has 25 heavy (non-hydrogen) atoms. The molecule has 0 saturated heterocycles. The molecule has 3 nitrogen and oxygen atoms in total. The Balaban J connectivity index is 2.11. The summed E-state index contributed by atoms with van der Waals surface area (Å²) in [5.41, 5.74) is 3.49. The second-order valence-electron chi connectivity index (χ2n) is 5.92. The SMILES string of the molecule is CC(C(=O)O)c1cc(C(=O)c2ccccc2)ccc1-c1ccccc1. The standard InChI is InChI=1S/C22H18O3/c1-15(22(24)25)20-14-18(21(23)17-10-6-3-7-11-17)12-13-19(20)16-8-4-2-5-9-16/h2-15H,1H3,(H,24,25). The van der Waals surface area contributed by atoms with Crippen LogP contribution in [-0.4, -0.2) is 16.9 Å². The minimum Gasteiger partial charge on any atom is -0.481 e. The highest BCUT2D eigenvalue weighted by molar-refractivity contribution is 6.09. The van der Waals surface area contributed by atoms with Gasteiger partial charge in [-0.15, -0.1) is 0 Å². The van der Waals surface area contributed by atoms with Crippen molar-refractivity contribution in [3.63, 3.8) is 0 Å². The highest BCUT2D eigenvalue weighted by Gasteiger charge is 2.20. The van der Waals surface area contributed by atoms with Crippen molar-refractivity contribution in [2.75, 3.05) is 0 Å². The van der Waals surface area contributed by atoms with E-state index in [1.807, 2.05) is 54.6 Å². The highest BCUT2D eigenvalue weighted by Crippen LogP contribution is 2.31. The molecule has 0 aliphatic rings. The van der Waals surface area contributed by atoms with Gasteiger partial charge < -0.3 is 5.11 Å². The molecule has 1 N–H and O–H groups in total. The maximum Gasteiger partial charge on any atom is 0.310 e. The molecule has 3 rings (SSSR count). The second-order valence-corrected chi connectivity index (χ2v) is 5.92. The third-order valence-electron chi connectivity index (χ3n) is 4.27. The van der Waals surface area contributed by atoms with Crippen LogP contribution in [-0.2, 0) is 4.79 Å². The lowest BCUT2D eigenvalue weighted by Crippen LogP contribution is -2.11. The average molecular weight is 330 g/mol. The summed E-state index contributed by atoms with van der Waals surface area (Å²) >= 11 is 0. The second kappa shape index (κ2) is 7.14. The van der Waals surface area contributed by atoms with Crippen molar-refractivity contribution in [3.8, 4) is 11.1 Å². The van der Waals surface area contributed by atoms with Crippen molar-refractivity contribution in [3.05, 3.63) is 95.6 Å². The molecule has 0 amide bonds. The van der Waals surface area contributed by atoms with E-state index in [-0.39, 0.29) is 5.78 Å². The number of hydrogen-bond acceptors (Lipinski definition) is 2. The molecule has 124 valence electrons. The van der Waals surface area contributed by atoms with E-state index in [4.69, 9.17) is 0 Å². The van der Waals surface area contributed by atoms with Gasteiger partial charge in [-0.25, -0.2) is 0 Å². The number of carbonyl (C=O) groups is 2. The van der Waals surface area contributed by atoms with Gasteiger partial charge in [-0.05, 0) is 29.7 Å².